The second-order valence-corrected chi connectivity index (χ2v) is 8.54. The van der Waals surface area contributed by atoms with E-state index in [1.54, 1.807) is 32.0 Å². The van der Waals surface area contributed by atoms with E-state index in [4.69, 9.17) is 0 Å². The highest BCUT2D eigenvalue weighted by Crippen LogP contribution is 2.54. The molecule has 0 unspecified atom stereocenters. The van der Waals surface area contributed by atoms with Crippen molar-refractivity contribution in [3.63, 3.8) is 0 Å². The smallest absolute Gasteiger partial charge is 0.416 e. The number of nitrogens with one attached hydrogen (secondary N) is 2. The number of para-hydroxylation sites is 2. The molecule has 0 spiro atoms. The van der Waals surface area contributed by atoms with Crippen LogP contribution >= 0.6 is 0 Å². The van der Waals surface area contributed by atoms with Crippen LogP contribution in [0.15, 0.2) is 54.6 Å². The second-order valence-electron chi connectivity index (χ2n) is 8.54. The first-order chi connectivity index (χ1) is 15.9. The van der Waals surface area contributed by atoms with E-state index in [2.05, 4.69) is 10.6 Å². The van der Waals surface area contributed by atoms with E-state index in [-0.39, 0.29) is 34.9 Å². The van der Waals surface area contributed by atoms with Crippen LogP contribution < -0.4 is 15.5 Å². The molecule has 0 saturated carbocycles. The number of hydrogen-bond acceptors (Lipinski definition) is 3. The molecule has 3 aromatic carbocycles. The third-order valence-corrected chi connectivity index (χ3v) is 5.58. The Hall–Kier alpha value is -3.82. The van der Waals surface area contributed by atoms with Crippen LogP contribution in [0.5, 0.6) is 5.75 Å². The third kappa shape index (κ3) is 4.23. The van der Waals surface area contributed by atoms with Gasteiger partial charge in [-0.3, -0.25) is 0 Å². The van der Waals surface area contributed by atoms with Crippen LogP contribution in [0.3, 0.4) is 0 Å². The van der Waals surface area contributed by atoms with Gasteiger partial charge in [0.1, 0.15) is 17.4 Å². The van der Waals surface area contributed by atoms with Crippen LogP contribution in [0, 0.1) is 11.6 Å². The molecule has 5 nitrogen and oxygen atoms in total. The van der Waals surface area contributed by atoms with Gasteiger partial charge in [-0.1, -0.05) is 26.0 Å². The number of carbonyl (C=O) groups excluding carboxylic acids is 1. The summed E-state index contributed by atoms with van der Waals surface area (Å²) in [5.41, 5.74) is -1.58. The Morgan fingerprint density at radius 2 is 1.68 bits per heavy atom. The van der Waals surface area contributed by atoms with Gasteiger partial charge in [-0.25, -0.2) is 13.6 Å². The van der Waals surface area contributed by atoms with E-state index in [1.165, 1.54) is 11.0 Å². The summed E-state index contributed by atoms with van der Waals surface area (Å²) in [7, 11) is 0. The quantitative estimate of drug-likeness (QED) is 0.365. The van der Waals surface area contributed by atoms with E-state index in [9.17, 15) is 31.9 Å². The molecule has 34 heavy (non-hydrogen) atoms. The number of nitrogens with zero attached hydrogens (tertiary/aromatic N) is 1. The lowest BCUT2D eigenvalue weighted by Crippen LogP contribution is -2.27. The molecule has 0 saturated heterocycles. The predicted octanol–water partition coefficient (Wildman–Crippen LogP) is 6.76. The molecule has 4 rings (SSSR count). The van der Waals surface area contributed by atoms with Gasteiger partial charge in [0.15, 0.2) is 0 Å². The predicted molar refractivity (Wildman–Crippen MR) is 119 cm³/mol. The fourth-order valence-electron chi connectivity index (χ4n) is 4.22. The summed E-state index contributed by atoms with van der Waals surface area (Å²) in [6.45, 7) is 3.37. The minimum Gasteiger partial charge on any atom is -0.506 e. The molecule has 10 heteroatoms. The summed E-state index contributed by atoms with van der Waals surface area (Å²) >= 11 is 0. The van der Waals surface area contributed by atoms with E-state index in [1.807, 2.05) is 0 Å². The van der Waals surface area contributed by atoms with Crippen LogP contribution in [-0.4, -0.2) is 17.7 Å². The minimum atomic E-state index is -4.62. The van der Waals surface area contributed by atoms with E-state index < -0.39 is 34.8 Å². The van der Waals surface area contributed by atoms with Gasteiger partial charge in [0.25, 0.3) is 0 Å². The van der Waals surface area contributed by atoms with Gasteiger partial charge in [-0.2, -0.15) is 13.2 Å². The lowest BCUT2D eigenvalue weighted by atomic mass is 9.83. The number of halogens is 5. The number of phenolic OH excluding ortho intramolecular Hbond substituents is 1. The van der Waals surface area contributed by atoms with Crippen molar-refractivity contribution in [2.45, 2.75) is 25.4 Å². The fourth-order valence-corrected chi connectivity index (χ4v) is 4.22. The molecule has 0 fully saturated rings. The Morgan fingerprint density at radius 3 is 2.35 bits per heavy atom. The Labute approximate surface area is 191 Å². The molecule has 178 valence electrons. The molecule has 1 heterocycles. The number of amides is 2. The summed E-state index contributed by atoms with van der Waals surface area (Å²) in [4.78, 5) is 14.0. The van der Waals surface area contributed by atoms with Crippen molar-refractivity contribution in [1.82, 2.24) is 0 Å². The summed E-state index contributed by atoms with van der Waals surface area (Å²) in [5.74, 6) is -2.10. The van der Waals surface area contributed by atoms with Crippen molar-refractivity contribution < 1.29 is 31.9 Å². The van der Waals surface area contributed by atoms with Crippen molar-refractivity contribution in [1.29, 1.82) is 0 Å². The molecule has 3 aromatic rings. The maximum Gasteiger partial charge on any atom is 0.416 e. The maximum absolute atomic E-state index is 13.9. The minimum absolute atomic E-state index is 0.000868. The van der Waals surface area contributed by atoms with E-state index in [0.29, 0.717) is 11.8 Å². The Balaban J connectivity index is 1.71. The number of rotatable bonds is 3. The first-order valence-corrected chi connectivity index (χ1v) is 10.2. The van der Waals surface area contributed by atoms with Crippen LogP contribution in [0.1, 0.15) is 25.0 Å². The molecule has 2 amide bonds. The maximum atomic E-state index is 13.9. The number of urea groups is 1. The lowest BCUT2D eigenvalue weighted by Gasteiger charge is -2.25. The number of fused-ring (bicyclic) bond motifs is 1. The van der Waals surface area contributed by atoms with Crippen molar-refractivity contribution >= 4 is 28.8 Å². The van der Waals surface area contributed by atoms with Gasteiger partial charge in [-0.05, 0) is 42.0 Å². The fraction of sp³-hybridized carbons (Fsp3) is 0.208. The van der Waals surface area contributed by atoms with Crippen LogP contribution in [-0.2, 0) is 11.6 Å². The number of anilines is 4. The first kappa shape index (κ1) is 23.3. The van der Waals surface area contributed by atoms with Crippen molar-refractivity contribution in [2.75, 3.05) is 22.1 Å². The topological polar surface area (TPSA) is 64.6 Å². The summed E-state index contributed by atoms with van der Waals surface area (Å²) in [5, 5.41) is 15.3. The average Bonchev–Trinajstić information content (AvgIpc) is 3.02. The number of phenols is 1. The molecule has 0 atom stereocenters. The zero-order valence-electron chi connectivity index (χ0n) is 18.1. The number of benzene rings is 3. The third-order valence-electron chi connectivity index (χ3n) is 5.58. The Bertz CT molecular complexity index is 1270. The number of aromatic hydroxyl groups is 1. The van der Waals surface area contributed by atoms with Crippen molar-refractivity contribution in [2.24, 2.45) is 0 Å². The molecule has 1 aliphatic heterocycles. The standard InChI is InChI=1S/C24H20F5N3O2/c1-23(2)12-32(21-19(33)10-8-14(20(21)23)24(27,28)29)18-6-4-3-5-17(18)31-22(34)30-16-9-7-13(25)11-15(16)26/h3-11,33H,12H2,1-2H3,(H2,30,31,34). The van der Waals surface area contributed by atoms with Crippen LogP contribution in [0.25, 0.3) is 0 Å². The van der Waals surface area contributed by atoms with E-state index in [0.717, 1.165) is 24.3 Å². The summed E-state index contributed by atoms with van der Waals surface area (Å²) in [6, 6.07) is 10.0. The number of carbonyl (C=O) groups is 1. The molecule has 0 bridgehead atoms. The summed E-state index contributed by atoms with van der Waals surface area (Å²) in [6.07, 6.45) is -4.62. The molecule has 0 radical (unpaired) electrons. The zero-order chi connectivity index (χ0) is 24.8. The van der Waals surface area contributed by atoms with Gasteiger partial charge in [-0.15, -0.1) is 0 Å². The van der Waals surface area contributed by atoms with Crippen LogP contribution in [0.4, 0.5) is 49.5 Å². The highest BCUT2D eigenvalue weighted by Gasteiger charge is 2.46. The highest BCUT2D eigenvalue weighted by molar-refractivity contribution is 6.02. The van der Waals surface area contributed by atoms with Crippen molar-refractivity contribution in [3.05, 3.63) is 77.4 Å². The van der Waals surface area contributed by atoms with Crippen LogP contribution in [0.2, 0.25) is 0 Å². The van der Waals surface area contributed by atoms with Gasteiger partial charge in [0, 0.05) is 18.0 Å². The normalized spacial score (nSPS) is 14.6. The van der Waals surface area contributed by atoms with E-state index >= 15 is 0 Å². The average molecular weight is 477 g/mol. The van der Waals surface area contributed by atoms with Gasteiger partial charge in [0.05, 0.1) is 28.3 Å². The monoisotopic (exact) mass is 477 g/mol. The number of hydrogen-bond donors (Lipinski definition) is 3. The van der Waals surface area contributed by atoms with Gasteiger partial charge in [0.2, 0.25) is 0 Å². The summed E-state index contributed by atoms with van der Waals surface area (Å²) < 4.78 is 68.2. The highest BCUT2D eigenvalue weighted by atomic mass is 19.4. The largest absolute Gasteiger partial charge is 0.506 e. The zero-order valence-corrected chi connectivity index (χ0v) is 18.1. The number of alkyl halides is 3. The SMILES string of the molecule is CC1(C)CN(c2ccccc2NC(=O)Nc2ccc(F)cc2F)c2c(O)ccc(C(F)(F)F)c21. The Morgan fingerprint density at radius 1 is 1.00 bits per heavy atom. The Kier molecular flexibility index (Phi) is 5.63. The first-order valence-electron chi connectivity index (χ1n) is 10.2. The van der Waals surface area contributed by atoms with Crippen molar-refractivity contribution in [3.8, 4) is 5.75 Å². The molecule has 3 N–H and O–H groups in total. The lowest BCUT2D eigenvalue weighted by molar-refractivity contribution is -0.138. The molecular weight excluding hydrogens is 457 g/mol. The molecule has 1 aliphatic rings. The molecular formula is C24H20F5N3O2. The molecule has 0 aromatic heterocycles. The second kappa shape index (κ2) is 8.19. The van der Waals surface area contributed by atoms with Gasteiger partial charge >= 0.3 is 12.2 Å². The van der Waals surface area contributed by atoms with Gasteiger partial charge < -0.3 is 20.6 Å². The molecule has 0 aliphatic carbocycles.